The molecule has 108 valence electrons. The van der Waals surface area contributed by atoms with Crippen LogP contribution in [0.15, 0.2) is 42.5 Å². The molecule has 0 fully saturated rings. The first-order valence-electron chi connectivity index (χ1n) is 7.66. The molecule has 0 saturated heterocycles. The van der Waals surface area contributed by atoms with Gasteiger partial charge in [0.1, 0.15) is 5.75 Å². The largest absolute Gasteiger partial charge is 0.508 e. The van der Waals surface area contributed by atoms with Crippen LogP contribution in [0.3, 0.4) is 0 Å². The minimum atomic E-state index is 0.223. The molecule has 0 atom stereocenters. The highest BCUT2D eigenvalue weighted by atomic mass is 16.3. The van der Waals surface area contributed by atoms with Crippen molar-refractivity contribution in [2.24, 2.45) is 0 Å². The molecule has 0 heterocycles. The number of Topliss-reactive ketones (excluding diaryl/α,β-unsaturated/α-hetero) is 1. The van der Waals surface area contributed by atoms with Crippen LogP contribution in [0.4, 0.5) is 0 Å². The summed E-state index contributed by atoms with van der Waals surface area (Å²) in [4.78, 5) is 12.0. The summed E-state index contributed by atoms with van der Waals surface area (Å²) < 4.78 is 0. The van der Waals surface area contributed by atoms with E-state index in [0.29, 0.717) is 12.2 Å². The summed E-state index contributed by atoms with van der Waals surface area (Å²) in [7, 11) is 0. The number of phenols is 1. The van der Waals surface area contributed by atoms with Crippen LogP contribution in [-0.4, -0.2) is 10.9 Å². The van der Waals surface area contributed by atoms with Gasteiger partial charge in [0.2, 0.25) is 0 Å². The van der Waals surface area contributed by atoms with Crippen LogP contribution in [0.5, 0.6) is 5.75 Å². The van der Waals surface area contributed by atoms with Gasteiger partial charge in [-0.3, -0.25) is 4.79 Å². The molecule has 1 N–H and O–H groups in total. The normalized spacial score (nSPS) is 14.0. The number of aryl methyl sites for hydroxylation is 1. The Morgan fingerprint density at radius 2 is 1.76 bits per heavy atom. The number of rotatable bonds is 4. The molecule has 0 aromatic heterocycles. The van der Waals surface area contributed by atoms with Crippen LogP contribution in [0.25, 0.3) is 0 Å². The van der Waals surface area contributed by atoms with E-state index in [4.69, 9.17) is 0 Å². The van der Waals surface area contributed by atoms with Gasteiger partial charge in [0.05, 0.1) is 0 Å². The third-order valence-electron chi connectivity index (χ3n) is 4.27. The molecule has 0 unspecified atom stereocenters. The average molecular weight is 280 g/mol. The summed E-state index contributed by atoms with van der Waals surface area (Å²) in [6, 6.07) is 13.8. The monoisotopic (exact) mass is 280 g/mol. The Bertz CT molecular complexity index is 644. The van der Waals surface area contributed by atoms with Crippen molar-refractivity contribution in [2.45, 2.75) is 38.5 Å². The molecule has 0 spiro atoms. The van der Waals surface area contributed by atoms with E-state index in [1.807, 2.05) is 6.07 Å². The zero-order valence-electron chi connectivity index (χ0n) is 12.1. The lowest BCUT2D eigenvalue weighted by molar-refractivity contribution is 0.0972. The van der Waals surface area contributed by atoms with Crippen LogP contribution in [-0.2, 0) is 19.3 Å². The van der Waals surface area contributed by atoms with E-state index in [9.17, 15) is 9.90 Å². The van der Waals surface area contributed by atoms with Gasteiger partial charge in [0.25, 0.3) is 0 Å². The van der Waals surface area contributed by atoms with Crippen LogP contribution in [0.1, 0.15) is 46.3 Å². The number of carbonyl (C=O) groups excluding carboxylic acids is 1. The Labute approximate surface area is 125 Å². The van der Waals surface area contributed by atoms with E-state index < -0.39 is 0 Å². The number of hydrogen-bond donors (Lipinski definition) is 1. The average Bonchev–Trinajstić information content (AvgIpc) is 2.51. The Morgan fingerprint density at radius 3 is 2.57 bits per heavy atom. The number of fused-ring (bicyclic) bond motifs is 1. The van der Waals surface area contributed by atoms with Crippen LogP contribution in [0, 0.1) is 0 Å². The van der Waals surface area contributed by atoms with Crippen molar-refractivity contribution in [3.8, 4) is 5.75 Å². The number of hydrogen-bond acceptors (Lipinski definition) is 2. The van der Waals surface area contributed by atoms with Gasteiger partial charge in [-0.05, 0) is 60.9 Å². The molecule has 0 radical (unpaired) electrons. The summed E-state index contributed by atoms with van der Waals surface area (Å²) in [5.41, 5.74) is 4.21. The second-order valence-electron chi connectivity index (χ2n) is 5.71. The minimum absolute atomic E-state index is 0.223. The van der Waals surface area contributed by atoms with E-state index in [0.717, 1.165) is 48.8 Å². The predicted molar refractivity (Wildman–Crippen MR) is 83.8 cm³/mol. The molecule has 21 heavy (non-hydrogen) atoms. The van der Waals surface area contributed by atoms with Crippen molar-refractivity contribution in [3.63, 3.8) is 0 Å². The molecule has 1 aliphatic carbocycles. The second kappa shape index (κ2) is 6.13. The maximum absolute atomic E-state index is 12.0. The minimum Gasteiger partial charge on any atom is -0.508 e. The van der Waals surface area contributed by atoms with Crippen LogP contribution < -0.4 is 0 Å². The highest BCUT2D eigenvalue weighted by Gasteiger charge is 2.21. The molecule has 0 saturated carbocycles. The molecule has 0 amide bonds. The van der Waals surface area contributed by atoms with E-state index in [1.54, 1.807) is 12.1 Å². The van der Waals surface area contributed by atoms with Gasteiger partial charge >= 0.3 is 0 Å². The molecular weight excluding hydrogens is 260 g/mol. The highest BCUT2D eigenvalue weighted by Crippen LogP contribution is 2.31. The Kier molecular flexibility index (Phi) is 4.05. The molecule has 2 heteroatoms. The van der Waals surface area contributed by atoms with Gasteiger partial charge in [0.15, 0.2) is 5.78 Å². The van der Waals surface area contributed by atoms with Crippen molar-refractivity contribution in [3.05, 3.63) is 64.7 Å². The molecular formula is C19H20O2. The molecule has 3 rings (SSSR count). The number of phenolic OH excluding ortho intramolecular Hbond substituents is 1. The van der Waals surface area contributed by atoms with Gasteiger partial charge in [-0.1, -0.05) is 30.3 Å². The van der Waals surface area contributed by atoms with Gasteiger partial charge in [-0.15, -0.1) is 0 Å². The lowest BCUT2D eigenvalue weighted by Crippen LogP contribution is -2.13. The topological polar surface area (TPSA) is 37.3 Å². The van der Waals surface area contributed by atoms with Gasteiger partial charge < -0.3 is 5.11 Å². The zero-order chi connectivity index (χ0) is 14.7. The molecule has 1 aliphatic rings. The van der Waals surface area contributed by atoms with Crippen molar-refractivity contribution in [2.75, 3.05) is 0 Å². The smallest absolute Gasteiger partial charge is 0.163 e. The SMILES string of the molecule is O=C1CCCc2c1ccc(O)c2CCCc1ccccc1. The standard InChI is InChI=1S/C19H20O2/c20-18-11-5-9-15-16(19(21)13-12-17(15)18)10-4-8-14-6-2-1-3-7-14/h1-3,6-7,12-13,21H,4-5,8-11H2. The highest BCUT2D eigenvalue weighted by molar-refractivity contribution is 5.99. The van der Waals surface area contributed by atoms with E-state index in [2.05, 4.69) is 24.3 Å². The summed E-state index contributed by atoms with van der Waals surface area (Å²) in [6.45, 7) is 0. The van der Waals surface area contributed by atoms with Crippen molar-refractivity contribution in [1.29, 1.82) is 0 Å². The fourth-order valence-electron chi connectivity index (χ4n) is 3.18. The molecule has 0 bridgehead atoms. The summed E-state index contributed by atoms with van der Waals surface area (Å²) >= 11 is 0. The molecule has 0 aliphatic heterocycles. The summed E-state index contributed by atoms with van der Waals surface area (Å²) in [5.74, 6) is 0.567. The third kappa shape index (κ3) is 2.99. The van der Waals surface area contributed by atoms with Crippen LogP contribution in [0.2, 0.25) is 0 Å². The summed E-state index contributed by atoms with van der Waals surface area (Å²) in [5, 5.41) is 10.1. The fraction of sp³-hybridized carbons (Fsp3) is 0.316. The maximum atomic E-state index is 12.0. The maximum Gasteiger partial charge on any atom is 0.163 e. The van der Waals surface area contributed by atoms with Gasteiger partial charge in [0, 0.05) is 12.0 Å². The quantitative estimate of drug-likeness (QED) is 0.916. The fourth-order valence-corrected chi connectivity index (χ4v) is 3.18. The third-order valence-corrected chi connectivity index (χ3v) is 4.27. The first-order chi connectivity index (χ1) is 10.3. The van der Waals surface area contributed by atoms with Gasteiger partial charge in [-0.25, -0.2) is 0 Å². The first-order valence-corrected chi connectivity index (χ1v) is 7.66. The lowest BCUT2D eigenvalue weighted by atomic mass is 9.85. The Morgan fingerprint density at radius 1 is 0.952 bits per heavy atom. The van der Waals surface area contributed by atoms with Gasteiger partial charge in [-0.2, -0.15) is 0 Å². The van der Waals surface area contributed by atoms with Crippen molar-refractivity contribution >= 4 is 5.78 Å². The van der Waals surface area contributed by atoms with E-state index in [1.165, 1.54) is 5.56 Å². The number of benzene rings is 2. The van der Waals surface area contributed by atoms with E-state index in [-0.39, 0.29) is 5.78 Å². The Hall–Kier alpha value is -2.09. The van der Waals surface area contributed by atoms with Crippen LogP contribution >= 0.6 is 0 Å². The predicted octanol–water partition coefficient (Wildman–Crippen LogP) is 4.09. The number of aromatic hydroxyl groups is 1. The number of ketones is 1. The molecule has 2 aromatic carbocycles. The second-order valence-corrected chi connectivity index (χ2v) is 5.71. The Balaban J connectivity index is 1.76. The molecule has 2 nitrogen and oxygen atoms in total. The number of carbonyl (C=O) groups is 1. The van der Waals surface area contributed by atoms with Crippen molar-refractivity contribution < 1.29 is 9.90 Å². The van der Waals surface area contributed by atoms with Crippen molar-refractivity contribution in [1.82, 2.24) is 0 Å². The van der Waals surface area contributed by atoms with E-state index >= 15 is 0 Å². The summed E-state index contributed by atoms with van der Waals surface area (Å²) in [6.07, 6.45) is 5.27. The lowest BCUT2D eigenvalue weighted by Gasteiger charge is -2.19. The first kappa shape index (κ1) is 13.9. The molecule has 2 aromatic rings. The zero-order valence-corrected chi connectivity index (χ0v) is 12.1.